The molecule has 0 saturated heterocycles. The van der Waals surface area contributed by atoms with Crippen molar-refractivity contribution in [2.24, 2.45) is 0 Å². The molecule has 0 saturated carbocycles. The first kappa shape index (κ1) is 30.3. The van der Waals surface area contributed by atoms with E-state index in [0.29, 0.717) is 6.04 Å². The van der Waals surface area contributed by atoms with Gasteiger partial charge in [0.25, 0.3) is 0 Å². The fraction of sp³-hybridized carbons (Fsp3) is 0.933. The molecular formula is C30H61N3. The molecule has 1 aliphatic carbocycles. The van der Waals surface area contributed by atoms with Crippen LogP contribution in [0.5, 0.6) is 0 Å². The van der Waals surface area contributed by atoms with Crippen molar-refractivity contribution in [2.75, 3.05) is 39.8 Å². The minimum Gasteiger partial charge on any atom is -0.372 e. The molecule has 3 nitrogen and oxygen atoms in total. The molecule has 0 aromatic rings. The molecule has 0 spiro atoms. The molecule has 0 heterocycles. The number of hydrogen-bond donors (Lipinski definition) is 0. The first-order chi connectivity index (χ1) is 16.2. The van der Waals surface area contributed by atoms with Crippen molar-refractivity contribution >= 4 is 0 Å². The van der Waals surface area contributed by atoms with Gasteiger partial charge >= 0.3 is 0 Å². The molecule has 0 aromatic carbocycles. The van der Waals surface area contributed by atoms with Gasteiger partial charge in [-0.05, 0) is 47.7 Å². The summed E-state index contributed by atoms with van der Waals surface area (Å²) in [6.07, 6.45) is 23.1. The minimum atomic E-state index is 0.571. The Morgan fingerprint density at radius 2 is 0.758 bits per heavy atom. The third kappa shape index (κ3) is 12.0. The minimum absolute atomic E-state index is 0.571. The predicted molar refractivity (Wildman–Crippen MR) is 149 cm³/mol. The molecule has 196 valence electrons. The zero-order chi connectivity index (χ0) is 24.3. The van der Waals surface area contributed by atoms with Crippen LogP contribution >= 0.6 is 0 Å². The fourth-order valence-electron chi connectivity index (χ4n) is 5.44. The summed E-state index contributed by atoms with van der Waals surface area (Å²) < 4.78 is 0. The van der Waals surface area contributed by atoms with Crippen LogP contribution in [-0.2, 0) is 0 Å². The monoisotopic (exact) mass is 463 g/mol. The number of likely N-dealkylation sites (N-methyl/N-ethyl adjacent to an activating group) is 3. The third-order valence-electron chi connectivity index (χ3n) is 7.71. The molecule has 0 amide bonds. The van der Waals surface area contributed by atoms with Gasteiger partial charge in [-0.1, -0.05) is 103 Å². The van der Waals surface area contributed by atoms with E-state index in [4.69, 9.17) is 0 Å². The molecule has 0 radical (unpaired) electrons. The summed E-state index contributed by atoms with van der Waals surface area (Å²) in [6.45, 7) is 17.2. The van der Waals surface area contributed by atoms with E-state index in [1.807, 2.05) is 0 Å². The standard InChI is InChI=1S/C30H61N3/c1-7-12-13-14-15-16-17-18-19-20-21-22-23-24-25-26-27-31(6)28-29(32(8-2)9-3)30(28)33(10-4)11-5/h28H,7-27H2,1-6H3. The molecule has 3 heteroatoms. The van der Waals surface area contributed by atoms with Crippen molar-refractivity contribution in [2.45, 2.75) is 143 Å². The number of unbranched alkanes of at least 4 members (excludes halogenated alkanes) is 15. The van der Waals surface area contributed by atoms with Gasteiger partial charge in [-0.2, -0.15) is 0 Å². The van der Waals surface area contributed by atoms with Crippen LogP contribution in [-0.4, -0.2) is 60.5 Å². The van der Waals surface area contributed by atoms with E-state index >= 15 is 0 Å². The molecule has 0 bridgehead atoms. The molecule has 1 rings (SSSR count). The smallest absolute Gasteiger partial charge is 0.0937 e. The molecule has 0 aromatic heterocycles. The van der Waals surface area contributed by atoms with Crippen molar-refractivity contribution in [1.82, 2.24) is 14.7 Å². The Morgan fingerprint density at radius 1 is 0.455 bits per heavy atom. The Morgan fingerprint density at radius 3 is 1.06 bits per heavy atom. The largest absolute Gasteiger partial charge is 0.372 e. The highest BCUT2D eigenvalue weighted by Gasteiger charge is 2.44. The number of rotatable bonds is 24. The van der Waals surface area contributed by atoms with Crippen molar-refractivity contribution in [3.8, 4) is 0 Å². The van der Waals surface area contributed by atoms with Gasteiger partial charge in [-0.3, -0.25) is 4.90 Å². The van der Waals surface area contributed by atoms with Crippen LogP contribution < -0.4 is 0 Å². The van der Waals surface area contributed by atoms with Gasteiger partial charge in [0.15, 0.2) is 0 Å². The molecule has 33 heavy (non-hydrogen) atoms. The Balaban J connectivity index is 2.03. The lowest BCUT2D eigenvalue weighted by Gasteiger charge is -2.24. The lowest BCUT2D eigenvalue weighted by Crippen LogP contribution is -2.32. The quantitative estimate of drug-likeness (QED) is 0.133. The van der Waals surface area contributed by atoms with Gasteiger partial charge in [0.1, 0.15) is 0 Å². The molecule has 0 N–H and O–H groups in total. The maximum absolute atomic E-state index is 2.62. The van der Waals surface area contributed by atoms with Crippen LogP contribution in [0.1, 0.15) is 137 Å². The van der Waals surface area contributed by atoms with E-state index in [2.05, 4.69) is 56.4 Å². The zero-order valence-electron chi connectivity index (χ0n) is 23.8. The predicted octanol–water partition coefficient (Wildman–Crippen LogP) is 8.46. The fourth-order valence-corrected chi connectivity index (χ4v) is 5.44. The van der Waals surface area contributed by atoms with Crippen LogP contribution in [0.3, 0.4) is 0 Å². The molecular weight excluding hydrogens is 402 g/mol. The summed E-state index contributed by atoms with van der Waals surface area (Å²) in [4.78, 5) is 7.76. The molecule has 1 aliphatic rings. The third-order valence-corrected chi connectivity index (χ3v) is 7.71. The molecule has 0 aliphatic heterocycles. The van der Waals surface area contributed by atoms with Crippen LogP contribution in [0, 0.1) is 0 Å². The summed E-state index contributed by atoms with van der Waals surface area (Å²) in [7, 11) is 2.34. The Hall–Kier alpha value is -0.700. The highest BCUT2D eigenvalue weighted by Crippen LogP contribution is 2.40. The van der Waals surface area contributed by atoms with Crippen molar-refractivity contribution in [3.63, 3.8) is 0 Å². The second-order valence-corrected chi connectivity index (χ2v) is 10.3. The van der Waals surface area contributed by atoms with Crippen LogP contribution in [0.2, 0.25) is 0 Å². The van der Waals surface area contributed by atoms with Crippen molar-refractivity contribution < 1.29 is 0 Å². The summed E-state index contributed by atoms with van der Waals surface area (Å²) in [5.74, 6) is 0. The van der Waals surface area contributed by atoms with Crippen LogP contribution in [0.25, 0.3) is 0 Å². The maximum atomic E-state index is 2.62. The molecule has 0 unspecified atom stereocenters. The summed E-state index contributed by atoms with van der Waals surface area (Å²) in [5.41, 5.74) is 3.20. The first-order valence-electron chi connectivity index (χ1n) is 15.1. The Labute approximate surface area is 209 Å². The van der Waals surface area contributed by atoms with E-state index in [1.54, 1.807) is 11.4 Å². The zero-order valence-corrected chi connectivity index (χ0v) is 23.8. The van der Waals surface area contributed by atoms with E-state index < -0.39 is 0 Å². The van der Waals surface area contributed by atoms with Gasteiger partial charge in [0.05, 0.1) is 17.4 Å². The van der Waals surface area contributed by atoms with Crippen molar-refractivity contribution in [3.05, 3.63) is 11.4 Å². The topological polar surface area (TPSA) is 9.72 Å². The average molecular weight is 464 g/mol. The van der Waals surface area contributed by atoms with Crippen LogP contribution in [0.4, 0.5) is 0 Å². The van der Waals surface area contributed by atoms with Crippen molar-refractivity contribution in [1.29, 1.82) is 0 Å². The van der Waals surface area contributed by atoms with Gasteiger partial charge in [-0.25, -0.2) is 0 Å². The highest BCUT2D eigenvalue weighted by atomic mass is 15.3. The normalized spacial score (nSPS) is 13.9. The number of nitrogens with zero attached hydrogens (tertiary/aromatic N) is 3. The Bertz CT molecular complexity index is 457. The van der Waals surface area contributed by atoms with Gasteiger partial charge < -0.3 is 9.80 Å². The SMILES string of the molecule is CCCCCCCCCCCCCCCCCCN(C)C1C(N(CC)CC)=C1N(CC)CC. The van der Waals surface area contributed by atoms with Gasteiger partial charge in [0, 0.05) is 26.2 Å². The van der Waals surface area contributed by atoms with E-state index in [9.17, 15) is 0 Å². The lowest BCUT2D eigenvalue weighted by molar-refractivity contribution is 0.268. The summed E-state index contributed by atoms with van der Waals surface area (Å²) >= 11 is 0. The average Bonchev–Trinajstić information content (AvgIpc) is 3.55. The second kappa shape index (κ2) is 19.6. The maximum Gasteiger partial charge on any atom is 0.0937 e. The molecule has 0 atom stereocenters. The Kier molecular flexibility index (Phi) is 18.0. The number of hydrogen-bond acceptors (Lipinski definition) is 3. The van der Waals surface area contributed by atoms with E-state index in [-0.39, 0.29) is 0 Å². The summed E-state index contributed by atoms with van der Waals surface area (Å²) in [6, 6.07) is 0.571. The lowest BCUT2D eigenvalue weighted by atomic mass is 10.0. The van der Waals surface area contributed by atoms with Gasteiger partial charge in [-0.15, -0.1) is 0 Å². The van der Waals surface area contributed by atoms with Gasteiger partial charge in [0.2, 0.25) is 0 Å². The van der Waals surface area contributed by atoms with Crippen LogP contribution in [0.15, 0.2) is 11.4 Å². The first-order valence-corrected chi connectivity index (χ1v) is 15.1. The van der Waals surface area contributed by atoms with E-state index in [1.165, 1.54) is 109 Å². The highest BCUT2D eigenvalue weighted by molar-refractivity contribution is 5.44. The van der Waals surface area contributed by atoms with E-state index in [0.717, 1.165) is 26.2 Å². The summed E-state index contributed by atoms with van der Waals surface area (Å²) in [5, 5.41) is 0. The second-order valence-electron chi connectivity index (χ2n) is 10.3. The molecule has 0 fully saturated rings.